The maximum atomic E-state index is 13.1. The smallest absolute Gasteiger partial charge is 0.311 e. The van der Waals surface area contributed by atoms with Crippen LogP contribution in [0, 0.1) is 29.6 Å². The molecule has 15 atom stereocenters. The van der Waals surface area contributed by atoms with Crippen molar-refractivity contribution in [2.24, 2.45) is 35.3 Å². The minimum Gasteiger partial charge on any atom is -0.459 e. The molecular weight excluding hydrogens is 494 g/mol. The zero-order valence-electron chi connectivity index (χ0n) is 24.6. The largest absolute Gasteiger partial charge is 0.459 e. The average Bonchev–Trinajstić information content (AvgIpc) is 2.84. The first-order valence-electron chi connectivity index (χ1n) is 14.1. The van der Waals surface area contributed by atoms with Crippen molar-refractivity contribution >= 4 is 5.97 Å². The second-order valence-corrected chi connectivity index (χ2v) is 12.7. The number of aliphatic hydroxyl groups is 5. The Kier molecular flexibility index (Phi) is 11.2. The molecule has 0 aromatic carbocycles. The monoisotopic (exact) mass is 547 g/mol. The molecule has 0 aliphatic carbocycles. The lowest BCUT2D eigenvalue weighted by molar-refractivity contribution is -0.299. The number of nitrogens with two attached hydrogens (primary N) is 1. The van der Waals surface area contributed by atoms with E-state index < -0.39 is 77.8 Å². The molecule has 0 saturated carbocycles. The summed E-state index contributed by atoms with van der Waals surface area (Å²) in [6, 6.07) is -0.643. The quantitative estimate of drug-likeness (QED) is 0.283. The maximum Gasteiger partial charge on any atom is 0.311 e. The summed E-state index contributed by atoms with van der Waals surface area (Å²) in [6.07, 6.45) is -5.85. The highest BCUT2D eigenvalue weighted by Crippen LogP contribution is 2.38. The molecule has 0 amide bonds. The predicted molar refractivity (Wildman–Crippen MR) is 142 cm³/mol. The summed E-state index contributed by atoms with van der Waals surface area (Å²) in [7, 11) is 0. The van der Waals surface area contributed by atoms with Crippen LogP contribution >= 0.6 is 0 Å². The molecule has 0 radical (unpaired) electrons. The lowest BCUT2D eigenvalue weighted by Crippen LogP contribution is -2.60. The molecular formula is C28H53NO9. The first kappa shape index (κ1) is 33.4. The summed E-state index contributed by atoms with van der Waals surface area (Å²) >= 11 is 0. The van der Waals surface area contributed by atoms with Crippen molar-refractivity contribution in [1.82, 2.24) is 0 Å². The van der Waals surface area contributed by atoms with Gasteiger partial charge in [-0.3, -0.25) is 4.79 Å². The van der Waals surface area contributed by atoms with Gasteiger partial charge in [0.15, 0.2) is 6.29 Å². The number of carbonyl (C=O) groups excluding carboxylic acids is 1. The first-order valence-corrected chi connectivity index (χ1v) is 14.1. The van der Waals surface area contributed by atoms with E-state index in [0.29, 0.717) is 6.42 Å². The third kappa shape index (κ3) is 7.07. The fourth-order valence-electron chi connectivity index (χ4n) is 6.38. The van der Waals surface area contributed by atoms with Crippen molar-refractivity contribution in [3.63, 3.8) is 0 Å². The van der Waals surface area contributed by atoms with Gasteiger partial charge in [0.2, 0.25) is 0 Å². The van der Waals surface area contributed by atoms with Crippen LogP contribution in [0.3, 0.4) is 0 Å². The number of ether oxygens (including phenoxy) is 3. The summed E-state index contributed by atoms with van der Waals surface area (Å²) in [4.78, 5) is 13.1. The second-order valence-electron chi connectivity index (χ2n) is 12.7. The molecule has 224 valence electrons. The summed E-state index contributed by atoms with van der Waals surface area (Å²) in [5, 5.41) is 56.3. The number of carbonyl (C=O) groups is 1. The third-order valence-electron chi connectivity index (χ3n) is 9.10. The Morgan fingerprint density at radius 1 is 0.974 bits per heavy atom. The van der Waals surface area contributed by atoms with Crippen molar-refractivity contribution in [2.45, 2.75) is 142 Å². The van der Waals surface area contributed by atoms with Crippen LogP contribution in [0.15, 0.2) is 0 Å². The van der Waals surface area contributed by atoms with E-state index in [1.807, 2.05) is 20.8 Å². The van der Waals surface area contributed by atoms with Gasteiger partial charge in [-0.25, -0.2) is 0 Å². The van der Waals surface area contributed by atoms with E-state index in [4.69, 9.17) is 19.9 Å². The van der Waals surface area contributed by atoms with Crippen LogP contribution in [-0.2, 0) is 19.0 Å². The van der Waals surface area contributed by atoms with Gasteiger partial charge < -0.3 is 45.5 Å². The molecule has 2 rings (SSSR count). The van der Waals surface area contributed by atoms with E-state index in [-0.39, 0.29) is 30.8 Å². The van der Waals surface area contributed by atoms with Gasteiger partial charge in [-0.1, -0.05) is 34.6 Å². The van der Waals surface area contributed by atoms with E-state index in [1.54, 1.807) is 27.7 Å². The zero-order chi connectivity index (χ0) is 29.3. The minimum atomic E-state index is -1.79. The van der Waals surface area contributed by atoms with Crippen LogP contribution in [-0.4, -0.2) is 91.7 Å². The zero-order valence-corrected chi connectivity index (χ0v) is 24.6. The number of cyclic esters (lactones) is 1. The molecule has 0 aromatic heterocycles. The molecule has 10 heteroatoms. The van der Waals surface area contributed by atoms with Crippen molar-refractivity contribution in [3.05, 3.63) is 0 Å². The lowest BCUT2D eigenvalue weighted by Gasteiger charge is -2.47. The van der Waals surface area contributed by atoms with Gasteiger partial charge in [-0.15, -0.1) is 0 Å². The summed E-state index contributed by atoms with van der Waals surface area (Å²) < 4.78 is 17.8. The Morgan fingerprint density at radius 3 is 2.11 bits per heavy atom. The van der Waals surface area contributed by atoms with E-state index in [9.17, 15) is 30.3 Å². The number of hydrogen-bond acceptors (Lipinski definition) is 10. The molecule has 38 heavy (non-hydrogen) atoms. The van der Waals surface area contributed by atoms with Crippen molar-refractivity contribution < 1.29 is 44.5 Å². The SMILES string of the molecule is CCC1OC(=O)C(C)C(O)C(C)C(OC2OC(C)CC(C)C2O)C(C)(O)CC(C)C(N)C(C)C(O)C1(C)O. The summed E-state index contributed by atoms with van der Waals surface area (Å²) in [5.41, 5.74) is 3.18. The molecule has 0 spiro atoms. The average molecular weight is 548 g/mol. The predicted octanol–water partition coefficient (Wildman–Crippen LogP) is 1.32. The molecule has 2 fully saturated rings. The minimum absolute atomic E-state index is 0.102. The Hall–Kier alpha value is -0.850. The highest BCUT2D eigenvalue weighted by Gasteiger charge is 2.50. The van der Waals surface area contributed by atoms with Crippen molar-refractivity contribution in [1.29, 1.82) is 0 Å². The van der Waals surface area contributed by atoms with Crippen LogP contribution in [0.1, 0.15) is 81.6 Å². The first-order chi connectivity index (χ1) is 17.4. The Labute approximate surface area is 227 Å². The van der Waals surface area contributed by atoms with E-state index in [0.717, 1.165) is 0 Å². The molecule has 2 aliphatic rings. The van der Waals surface area contributed by atoms with Gasteiger partial charge in [0, 0.05) is 17.9 Å². The van der Waals surface area contributed by atoms with E-state index in [1.165, 1.54) is 13.8 Å². The topological polar surface area (TPSA) is 172 Å². The van der Waals surface area contributed by atoms with Crippen LogP contribution in [0.2, 0.25) is 0 Å². The van der Waals surface area contributed by atoms with E-state index >= 15 is 0 Å². The fraction of sp³-hybridized carbons (Fsp3) is 0.964. The Bertz CT molecular complexity index is 777. The van der Waals surface area contributed by atoms with Crippen LogP contribution in [0.25, 0.3) is 0 Å². The second kappa shape index (κ2) is 12.8. The molecule has 7 N–H and O–H groups in total. The molecule has 2 aliphatic heterocycles. The molecule has 0 aromatic rings. The van der Waals surface area contributed by atoms with Crippen LogP contribution in [0.4, 0.5) is 0 Å². The molecule has 15 unspecified atom stereocenters. The maximum absolute atomic E-state index is 13.1. The summed E-state index contributed by atoms with van der Waals surface area (Å²) in [6.45, 7) is 15.2. The van der Waals surface area contributed by atoms with E-state index in [2.05, 4.69) is 0 Å². The standard InChI is InChI=1S/C28H53NO9/c1-10-19-28(9,35)23(32)16(5)20(29)14(3)12-27(8,34)24(17(6)22(31)18(7)25(33)37-19)38-26-21(30)13(2)11-15(4)36-26/h13-24,26,30-32,34-35H,10-12,29H2,1-9H3. The normalized spacial score (nSPS) is 52.2. The van der Waals surface area contributed by atoms with Gasteiger partial charge in [0.1, 0.15) is 17.8 Å². The van der Waals surface area contributed by atoms with Gasteiger partial charge in [0.05, 0.1) is 35.9 Å². The van der Waals surface area contributed by atoms with Gasteiger partial charge in [-0.05, 0) is 58.8 Å². The molecule has 2 saturated heterocycles. The van der Waals surface area contributed by atoms with Crippen LogP contribution < -0.4 is 5.73 Å². The lowest BCUT2D eigenvalue weighted by atomic mass is 9.72. The Morgan fingerprint density at radius 2 is 1.55 bits per heavy atom. The van der Waals surface area contributed by atoms with Gasteiger partial charge >= 0.3 is 5.97 Å². The highest BCUT2D eigenvalue weighted by molar-refractivity contribution is 5.73. The number of hydrogen-bond donors (Lipinski definition) is 6. The summed E-state index contributed by atoms with van der Waals surface area (Å²) in [5.74, 6) is -3.64. The van der Waals surface area contributed by atoms with Crippen molar-refractivity contribution in [3.8, 4) is 0 Å². The molecule has 10 nitrogen and oxygen atoms in total. The fourth-order valence-corrected chi connectivity index (χ4v) is 6.38. The molecule has 0 bridgehead atoms. The number of aliphatic hydroxyl groups excluding tert-OH is 3. The van der Waals surface area contributed by atoms with Gasteiger partial charge in [0.25, 0.3) is 0 Å². The highest BCUT2D eigenvalue weighted by atomic mass is 16.7. The van der Waals surface area contributed by atoms with Gasteiger partial charge in [-0.2, -0.15) is 0 Å². The van der Waals surface area contributed by atoms with Crippen LogP contribution in [0.5, 0.6) is 0 Å². The van der Waals surface area contributed by atoms with Crippen molar-refractivity contribution in [2.75, 3.05) is 0 Å². The molecule has 2 heterocycles. The number of rotatable bonds is 3. The third-order valence-corrected chi connectivity index (χ3v) is 9.10. The number of esters is 1. The Balaban J connectivity index is 2.53.